The topological polar surface area (TPSA) is 116 Å². The number of carbonyl (C=O) groups is 2. The highest BCUT2D eigenvalue weighted by Crippen LogP contribution is 2.22. The lowest BCUT2D eigenvalue weighted by Crippen LogP contribution is -2.21. The minimum Gasteiger partial charge on any atom is -0.452 e. The maximum absolute atomic E-state index is 13.6. The maximum atomic E-state index is 13.6. The van der Waals surface area contributed by atoms with Gasteiger partial charge in [0.2, 0.25) is 10.0 Å². The average molecular weight is 466 g/mol. The number of hydrogen-bond acceptors (Lipinski definition) is 5. The molecule has 3 N–H and O–H groups in total. The van der Waals surface area contributed by atoms with Crippen LogP contribution in [0, 0.1) is 5.82 Å². The highest BCUT2D eigenvalue weighted by Gasteiger charge is 2.18. The van der Waals surface area contributed by atoms with Crippen molar-refractivity contribution in [3.8, 4) is 0 Å². The van der Waals surface area contributed by atoms with Gasteiger partial charge in [0.05, 0.1) is 16.3 Å². The predicted octanol–water partition coefficient (Wildman–Crippen LogP) is 2.68. The van der Waals surface area contributed by atoms with Crippen LogP contribution in [-0.2, 0) is 19.6 Å². The van der Waals surface area contributed by atoms with E-state index in [9.17, 15) is 22.4 Å². The number of ether oxygens (including phenoxy) is 1. The Labute approximate surface area is 161 Å². The van der Waals surface area contributed by atoms with Gasteiger partial charge < -0.3 is 10.1 Å². The Bertz CT molecular complexity index is 984. The lowest BCUT2D eigenvalue weighted by Gasteiger charge is -2.09. The summed E-state index contributed by atoms with van der Waals surface area (Å²) in [6.45, 7) is -0.707. The molecule has 2 aromatic rings. The molecular formula is C15H11BrClFN2O5S. The molecular weight excluding hydrogens is 455 g/mol. The number of sulfonamides is 1. The van der Waals surface area contributed by atoms with Crippen LogP contribution in [0.2, 0.25) is 5.02 Å². The smallest absolute Gasteiger partial charge is 0.338 e. The van der Waals surface area contributed by atoms with Crippen molar-refractivity contribution in [1.29, 1.82) is 0 Å². The molecule has 2 aromatic carbocycles. The Morgan fingerprint density at radius 3 is 2.54 bits per heavy atom. The molecule has 2 rings (SSSR count). The van der Waals surface area contributed by atoms with Crippen LogP contribution in [0.15, 0.2) is 45.8 Å². The summed E-state index contributed by atoms with van der Waals surface area (Å²) in [7, 11) is -4.13. The number of rotatable bonds is 5. The predicted molar refractivity (Wildman–Crippen MR) is 95.8 cm³/mol. The van der Waals surface area contributed by atoms with E-state index in [1.807, 2.05) is 0 Å². The van der Waals surface area contributed by atoms with Crippen molar-refractivity contribution in [2.75, 3.05) is 11.9 Å². The van der Waals surface area contributed by atoms with E-state index in [2.05, 4.69) is 21.2 Å². The van der Waals surface area contributed by atoms with E-state index < -0.39 is 39.2 Å². The van der Waals surface area contributed by atoms with Crippen molar-refractivity contribution in [2.45, 2.75) is 4.90 Å². The molecule has 26 heavy (non-hydrogen) atoms. The zero-order valence-corrected chi connectivity index (χ0v) is 16.0. The van der Waals surface area contributed by atoms with Crippen molar-refractivity contribution in [2.24, 2.45) is 5.14 Å². The van der Waals surface area contributed by atoms with E-state index in [1.165, 1.54) is 18.2 Å². The van der Waals surface area contributed by atoms with E-state index in [1.54, 1.807) is 0 Å². The van der Waals surface area contributed by atoms with Crippen LogP contribution in [0.4, 0.5) is 10.1 Å². The Morgan fingerprint density at radius 2 is 1.92 bits per heavy atom. The SMILES string of the molecule is NS(=O)(=O)c1cc(C(=O)OCC(=O)Nc2ccc(Br)cc2F)ccc1Cl. The first kappa shape index (κ1) is 20.3. The summed E-state index contributed by atoms with van der Waals surface area (Å²) in [5.74, 6) is -2.42. The molecule has 7 nitrogen and oxygen atoms in total. The summed E-state index contributed by atoms with van der Waals surface area (Å²) in [6, 6.07) is 7.32. The second kappa shape index (κ2) is 8.12. The number of nitrogens with one attached hydrogen (secondary N) is 1. The molecule has 0 saturated heterocycles. The molecule has 0 aliphatic rings. The third kappa shape index (κ3) is 5.24. The van der Waals surface area contributed by atoms with Gasteiger partial charge >= 0.3 is 5.97 Å². The quantitative estimate of drug-likeness (QED) is 0.659. The Morgan fingerprint density at radius 1 is 1.23 bits per heavy atom. The zero-order valence-electron chi connectivity index (χ0n) is 12.8. The van der Waals surface area contributed by atoms with Crippen LogP contribution in [0.3, 0.4) is 0 Å². The van der Waals surface area contributed by atoms with Gasteiger partial charge in [-0.3, -0.25) is 4.79 Å². The zero-order chi connectivity index (χ0) is 19.5. The third-order valence-corrected chi connectivity index (χ3v) is 4.90. The van der Waals surface area contributed by atoms with Gasteiger partial charge in [-0.05, 0) is 36.4 Å². The normalized spacial score (nSPS) is 11.1. The first-order valence-electron chi connectivity index (χ1n) is 6.82. The van der Waals surface area contributed by atoms with Gasteiger partial charge in [-0.15, -0.1) is 0 Å². The molecule has 0 aliphatic heterocycles. The Hall–Kier alpha value is -2.01. The van der Waals surface area contributed by atoms with Gasteiger partial charge in [0, 0.05) is 4.47 Å². The molecule has 0 atom stereocenters. The van der Waals surface area contributed by atoms with Gasteiger partial charge in [0.15, 0.2) is 6.61 Å². The lowest BCUT2D eigenvalue weighted by atomic mass is 10.2. The molecule has 11 heteroatoms. The first-order valence-corrected chi connectivity index (χ1v) is 9.54. The second-order valence-corrected chi connectivity index (χ2v) is 7.79. The Kier molecular flexibility index (Phi) is 6.34. The molecule has 0 unspecified atom stereocenters. The van der Waals surface area contributed by atoms with E-state index in [-0.39, 0.29) is 16.3 Å². The average Bonchev–Trinajstić information content (AvgIpc) is 2.54. The number of anilines is 1. The first-order chi connectivity index (χ1) is 12.1. The van der Waals surface area contributed by atoms with Crippen molar-refractivity contribution in [1.82, 2.24) is 0 Å². The summed E-state index contributed by atoms with van der Waals surface area (Å²) in [5, 5.41) is 7.07. The van der Waals surface area contributed by atoms with Gasteiger partial charge in [-0.1, -0.05) is 27.5 Å². The summed E-state index contributed by atoms with van der Waals surface area (Å²) in [6.07, 6.45) is 0. The standard InChI is InChI=1S/C15H11BrClFN2O5S/c16-9-2-4-12(11(18)6-9)20-14(21)7-25-15(22)8-1-3-10(17)13(5-8)26(19,23)24/h1-6H,7H2,(H,20,21)(H2,19,23,24). The summed E-state index contributed by atoms with van der Waals surface area (Å²) in [5.41, 5.74) is -0.252. The molecule has 0 fully saturated rings. The van der Waals surface area contributed by atoms with Gasteiger partial charge in [-0.2, -0.15) is 0 Å². The van der Waals surface area contributed by atoms with E-state index >= 15 is 0 Å². The molecule has 0 bridgehead atoms. The van der Waals surface area contributed by atoms with Crippen LogP contribution in [0.1, 0.15) is 10.4 Å². The number of primary sulfonamides is 1. The number of nitrogens with two attached hydrogens (primary N) is 1. The number of hydrogen-bond donors (Lipinski definition) is 2. The lowest BCUT2D eigenvalue weighted by molar-refractivity contribution is -0.119. The summed E-state index contributed by atoms with van der Waals surface area (Å²) >= 11 is 8.79. The molecule has 0 spiro atoms. The van der Waals surface area contributed by atoms with Gasteiger partial charge in [0.1, 0.15) is 10.7 Å². The largest absolute Gasteiger partial charge is 0.452 e. The fourth-order valence-corrected chi connectivity index (χ4v) is 3.24. The highest BCUT2D eigenvalue weighted by molar-refractivity contribution is 9.10. The fourth-order valence-electron chi connectivity index (χ4n) is 1.84. The summed E-state index contributed by atoms with van der Waals surface area (Å²) < 4.78 is 41.7. The minimum absolute atomic E-state index is 0.0859. The Balaban J connectivity index is 2.03. The second-order valence-electron chi connectivity index (χ2n) is 4.94. The van der Waals surface area contributed by atoms with Crippen molar-refractivity contribution in [3.05, 3.63) is 57.3 Å². The molecule has 0 aliphatic carbocycles. The number of carbonyl (C=O) groups excluding carboxylic acids is 2. The molecule has 0 radical (unpaired) electrons. The number of halogens is 3. The van der Waals surface area contributed by atoms with Crippen LogP contribution < -0.4 is 10.5 Å². The molecule has 0 saturated carbocycles. The van der Waals surface area contributed by atoms with Crippen LogP contribution in [0.25, 0.3) is 0 Å². The highest BCUT2D eigenvalue weighted by atomic mass is 79.9. The number of benzene rings is 2. The minimum atomic E-state index is -4.13. The van der Waals surface area contributed by atoms with Gasteiger partial charge in [0.25, 0.3) is 5.91 Å². The van der Waals surface area contributed by atoms with Crippen LogP contribution in [0.5, 0.6) is 0 Å². The van der Waals surface area contributed by atoms with Crippen molar-refractivity contribution < 1.29 is 27.1 Å². The molecule has 1 amide bonds. The molecule has 0 heterocycles. The molecule has 138 valence electrons. The van der Waals surface area contributed by atoms with E-state index in [4.69, 9.17) is 21.5 Å². The van der Waals surface area contributed by atoms with E-state index in [0.717, 1.165) is 18.2 Å². The number of esters is 1. The van der Waals surface area contributed by atoms with Crippen molar-refractivity contribution in [3.63, 3.8) is 0 Å². The van der Waals surface area contributed by atoms with Gasteiger partial charge in [-0.25, -0.2) is 22.7 Å². The maximum Gasteiger partial charge on any atom is 0.338 e. The number of amides is 1. The summed E-state index contributed by atoms with van der Waals surface area (Å²) in [4.78, 5) is 23.3. The van der Waals surface area contributed by atoms with Crippen molar-refractivity contribution >= 4 is 55.1 Å². The fraction of sp³-hybridized carbons (Fsp3) is 0.0667. The monoisotopic (exact) mass is 464 g/mol. The van der Waals surface area contributed by atoms with Crippen LogP contribution >= 0.6 is 27.5 Å². The third-order valence-electron chi connectivity index (χ3n) is 3.01. The van der Waals surface area contributed by atoms with E-state index in [0.29, 0.717) is 4.47 Å². The molecule has 0 aromatic heterocycles. The van der Waals surface area contributed by atoms with Crippen LogP contribution in [-0.4, -0.2) is 26.9 Å².